The molecule has 0 aromatic heterocycles. The SMILES string of the molecule is CNCCCOC1CCN(C(C)C)CC1.[HH]. The number of piperidine rings is 1. The molecule has 1 heterocycles. The van der Waals surface area contributed by atoms with Crippen LogP contribution in [0.15, 0.2) is 0 Å². The standard InChI is InChI=1S/C12H26N2O.H2/c1-11(2)14-8-5-12(6-9-14)15-10-4-7-13-3;/h11-13H,4-10H2,1-3H3;1H. The summed E-state index contributed by atoms with van der Waals surface area (Å²) in [5.74, 6) is 0. The molecule has 0 radical (unpaired) electrons. The van der Waals surface area contributed by atoms with Gasteiger partial charge in [0.1, 0.15) is 0 Å². The molecule has 1 N–H and O–H groups in total. The highest BCUT2D eigenvalue weighted by molar-refractivity contribution is 4.74. The first-order valence-corrected chi connectivity index (χ1v) is 6.24. The molecule has 0 aliphatic carbocycles. The van der Waals surface area contributed by atoms with E-state index in [-0.39, 0.29) is 1.43 Å². The molecular formula is C12H28N2O. The summed E-state index contributed by atoms with van der Waals surface area (Å²) in [5.41, 5.74) is 0. The highest BCUT2D eigenvalue weighted by Crippen LogP contribution is 2.15. The lowest BCUT2D eigenvalue weighted by Crippen LogP contribution is -2.41. The van der Waals surface area contributed by atoms with Crippen molar-refractivity contribution in [2.75, 3.05) is 33.3 Å². The van der Waals surface area contributed by atoms with E-state index in [4.69, 9.17) is 4.74 Å². The first kappa shape index (κ1) is 12.9. The maximum atomic E-state index is 5.85. The fraction of sp³-hybridized carbons (Fsp3) is 1.00. The molecule has 0 atom stereocenters. The molecule has 1 aliphatic heterocycles. The molecule has 3 heteroatoms. The predicted octanol–water partition coefficient (Wildman–Crippen LogP) is 1.73. The Hall–Kier alpha value is -0.120. The van der Waals surface area contributed by atoms with Gasteiger partial charge in [-0.25, -0.2) is 0 Å². The van der Waals surface area contributed by atoms with Crippen LogP contribution in [0.3, 0.4) is 0 Å². The van der Waals surface area contributed by atoms with Gasteiger partial charge in [0.05, 0.1) is 6.10 Å². The summed E-state index contributed by atoms with van der Waals surface area (Å²) < 4.78 is 5.85. The Kier molecular flexibility index (Phi) is 6.22. The van der Waals surface area contributed by atoms with Crippen molar-refractivity contribution in [1.82, 2.24) is 10.2 Å². The van der Waals surface area contributed by atoms with Crippen molar-refractivity contribution in [1.29, 1.82) is 0 Å². The van der Waals surface area contributed by atoms with Crippen LogP contribution in [0, 0.1) is 0 Å². The van der Waals surface area contributed by atoms with Crippen LogP contribution in [-0.4, -0.2) is 50.3 Å². The average Bonchev–Trinajstić information content (AvgIpc) is 2.25. The molecule has 1 saturated heterocycles. The monoisotopic (exact) mass is 216 g/mol. The molecule has 0 aromatic rings. The van der Waals surface area contributed by atoms with Crippen LogP contribution in [0.4, 0.5) is 0 Å². The molecule has 0 bridgehead atoms. The van der Waals surface area contributed by atoms with E-state index in [9.17, 15) is 0 Å². The number of hydrogen-bond acceptors (Lipinski definition) is 3. The van der Waals surface area contributed by atoms with Crippen molar-refractivity contribution in [2.45, 2.75) is 45.3 Å². The highest BCUT2D eigenvalue weighted by Gasteiger charge is 2.20. The molecule has 0 saturated carbocycles. The molecule has 1 aliphatic rings. The van der Waals surface area contributed by atoms with Crippen molar-refractivity contribution < 1.29 is 6.16 Å². The maximum Gasteiger partial charge on any atom is 0.0599 e. The summed E-state index contributed by atoms with van der Waals surface area (Å²) in [4.78, 5) is 2.54. The molecule has 0 unspecified atom stereocenters. The third-order valence-corrected chi connectivity index (χ3v) is 3.13. The van der Waals surface area contributed by atoms with E-state index in [0.717, 1.165) is 19.6 Å². The van der Waals surface area contributed by atoms with E-state index in [1.165, 1.54) is 25.9 Å². The zero-order valence-electron chi connectivity index (χ0n) is 10.5. The van der Waals surface area contributed by atoms with Crippen molar-refractivity contribution in [3.63, 3.8) is 0 Å². The van der Waals surface area contributed by atoms with E-state index in [2.05, 4.69) is 24.1 Å². The largest absolute Gasteiger partial charge is 0.378 e. The number of likely N-dealkylation sites (tertiary alicyclic amines) is 1. The summed E-state index contributed by atoms with van der Waals surface area (Å²) in [6.45, 7) is 8.92. The Morgan fingerprint density at radius 1 is 1.40 bits per heavy atom. The number of hydrogen-bond donors (Lipinski definition) is 1. The molecule has 3 nitrogen and oxygen atoms in total. The quantitative estimate of drug-likeness (QED) is 0.684. The molecule has 0 spiro atoms. The van der Waals surface area contributed by atoms with Crippen LogP contribution in [0.25, 0.3) is 0 Å². The highest BCUT2D eigenvalue weighted by atomic mass is 16.5. The van der Waals surface area contributed by atoms with Gasteiger partial charge in [0, 0.05) is 27.2 Å². The molecule has 15 heavy (non-hydrogen) atoms. The van der Waals surface area contributed by atoms with Crippen molar-refractivity contribution >= 4 is 0 Å². The topological polar surface area (TPSA) is 24.5 Å². The van der Waals surface area contributed by atoms with Crippen molar-refractivity contribution in [2.24, 2.45) is 0 Å². The van der Waals surface area contributed by atoms with Gasteiger partial charge in [-0.15, -0.1) is 0 Å². The Morgan fingerprint density at radius 3 is 2.60 bits per heavy atom. The smallest absolute Gasteiger partial charge is 0.0599 e. The Labute approximate surface area is 95.7 Å². The second-order valence-corrected chi connectivity index (χ2v) is 4.66. The van der Waals surface area contributed by atoms with Gasteiger partial charge in [-0.3, -0.25) is 0 Å². The van der Waals surface area contributed by atoms with Gasteiger partial charge in [0.25, 0.3) is 0 Å². The molecule has 0 amide bonds. The molecule has 0 aromatic carbocycles. The molecule has 1 fully saturated rings. The minimum Gasteiger partial charge on any atom is -0.378 e. The number of nitrogens with zero attached hydrogens (tertiary/aromatic N) is 1. The zero-order chi connectivity index (χ0) is 11.1. The van der Waals surface area contributed by atoms with Crippen LogP contribution >= 0.6 is 0 Å². The molecular weight excluding hydrogens is 188 g/mol. The number of nitrogens with one attached hydrogen (secondary N) is 1. The van der Waals surface area contributed by atoms with E-state index >= 15 is 0 Å². The Balaban J connectivity index is 0.00000225. The van der Waals surface area contributed by atoms with Crippen LogP contribution in [0.1, 0.15) is 34.5 Å². The molecule has 92 valence electrons. The second-order valence-electron chi connectivity index (χ2n) is 4.66. The minimum atomic E-state index is 0. The summed E-state index contributed by atoms with van der Waals surface area (Å²) >= 11 is 0. The van der Waals surface area contributed by atoms with Crippen molar-refractivity contribution in [3.05, 3.63) is 0 Å². The van der Waals surface area contributed by atoms with E-state index in [0.29, 0.717) is 12.1 Å². The van der Waals surface area contributed by atoms with E-state index in [1.54, 1.807) is 0 Å². The normalized spacial score (nSPS) is 20.0. The molecule has 1 rings (SSSR count). The third kappa shape index (κ3) is 4.96. The van der Waals surface area contributed by atoms with Gasteiger partial charge in [-0.1, -0.05) is 0 Å². The van der Waals surface area contributed by atoms with Crippen LogP contribution in [0.2, 0.25) is 0 Å². The number of ether oxygens (including phenoxy) is 1. The summed E-state index contributed by atoms with van der Waals surface area (Å²) in [6, 6.07) is 0.690. The van der Waals surface area contributed by atoms with Gasteiger partial charge in [0.15, 0.2) is 0 Å². The van der Waals surface area contributed by atoms with Crippen LogP contribution in [0.5, 0.6) is 0 Å². The van der Waals surface area contributed by atoms with Gasteiger partial charge in [-0.05, 0) is 46.7 Å². The Bertz CT molecular complexity index is 159. The fourth-order valence-electron chi connectivity index (χ4n) is 2.06. The lowest BCUT2D eigenvalue weighted by Gasteiger charge is -2.34. The summed E-state index contributed by atoms with van der Waals surface area (Å²) in [7, 11) is 1.99. The first-order chi connectivity index (χ1) is 7.24. The third-order valence-electron chi connectivity index (χ3n) is 3.13. The zero-order valence-corrected chi connectivity index (χ0v) is 10.5. The lowest BCUT2D eigenvalue weighted by atomic mass is 10.1. The lowest BCUT2D eigenvalue weighted by molar-refractivity contribution is 0.000735. The summed E-state index contributed by atoms with van der Waals surface area (Å²) in [6.07, 6.45) is 4.05. The van der Waals surface area contributed by atoms with E-state index in [1.807, 2.05) is 7.05 Å². The van der Waals surface area contributed by atoms with Gasteiger partial charge in [-0.2, -0.15) is 0 Å². The predicted molar refractivity (Wildman–Crippen MR) is 66.3 cm³/mol. The maximum absolute atomic E-state index is 5.85. The Morgan fingerprint density at radius 2 is 2.07 bits per heavy atom. The van der Waals surface area contributed by atoms with Gasteiger partial charge in [0.2, 0.25) is 0 Å². The van der Waals surface area contributed by atoms with Gasteiger partial charge < -0.3 is 15.0 Å². The van der Waals surface area contributed by atoms with Crippen LogP contribution < -0.4 is 5.32 Å². The van der Waals surface area contributed by atoms with E-state index < -0.39 is 0 Å². The second kappa shape index (κ2) is 7.20. The van der Waals surface area contributed by atoms with Gasteiger partial charge >= 0.3 is 0 Å². The minimum absolute atomic E-state index is 0. The first-order valence-electron chi connectivity index (χ1n) is 6.24. The fourth-order valence-corrected chi connectivity index (χ4v) is 2.06. The summed E-state index contributed by atoms with van der Waals surface area (Å²) in [5, 5.41) is 3.14. The van der Waals surface area contributed by atoms with Crippen molar-refractivity contribution in [3.8, 4) is 0 Å². The average molecular weight is 216 g/mol. The number of rotatable bonds is 6. The van der Waals surface area contributed by atoms with Crippen LogP contribution in [-0.2, 0) is 4.74 Å².